The van der Waals surface area contributed by atoms with Gasteiger partial charge in [-0.1, -0.05) is 35.5 Å². The number of benzene rings is 2. The highest BCUT2D eigenvalue weighted by Crippen LogP contribution is 2.35. The van der Waals surface area contributed by atoms with Gasteiger partial charge < -0.3 is 4.55 Å². The molecular weight excluding hydrogens is 409 g/mol. The molecular formula is C17H15ClF3O3S2-. The Kier molecular flexibility index (Phi) is 7.01. The molecule has 0 N–H and O–H groups in total. The summed E-state index contributed by atoms with van der Waals surface area (Å²) in [5, 5.41) is 0.451. The second-order valence-electron chi connectivity index (χ2n) is 5.60. The van der Waals surface area contributed by atoms with Gasteiger partial charge in [0.15, 0.2) is 0 Å². The number of unbranched alkanes of at least 4 members (excludes halogenated alkanes) is 1. The Hall–Kier alpha value is -1.22. The van der Waals surface area contributed by atoms with Crippen LogP contribution in [0.5, 0.6) is 0 Å². The van der Waals surface area contributed by atoms with Gasteiger partial charge in [-0.2, -0.15) is 13.2 Å². The summed E-state index contributed by atoms with van der Waals surface area (Å²) < 4.78 is 69.9. The monoisotopic (exact) mass is 423 g/mol. The number of hydrogen-bond donors (Lipinski definition) is 0. The smallest absolute Gasteiger partial charge is 0.416 e. The van der Waals surface area contributed by atoms with E-state index in [1.165, 1.54) is 17.8 Å². The van der Waals surface area contributed by atoms with Crippen LogP contribution in [-0.4, -0.2) is 18.7 Å². The van der Waals surface area contributed by atoms with Crippen LogP contribution >= 0.6 is 23.4 Å². The molecule has 0 fully saturated rings. The maximum Gasteiger partial charge on any atom is 0.416 e. The highest BCUT2D eigenvalue weighted by Gasteiger charge is 2.30. The highest BCUT2D eigenvalue weighted by molar-refractivity contribution is 7.99. The fourth-order valence-electron chi connectivity index (χ4n) is 2.26. The Balaban J connectivity index is 2.01. The van der Waals surface area contributed by atoms with Crippen LogP contribution in [0, 0.1) is 0 Å². The first kappa shape index (κ1) is 21.1. The average Bonchev–Trinajstić information content (AvgIpc) is 2.52. The molecule has 3 nitrogen and oxygen atoms in total. The molecule has 2 aromatic rings. The largest absolute Gasteiger partial charge is 0.748 e. The Morgan fingerprint density at radius 2 is 1.73 bits per heavy atom. The second kappa shape index (κ2) is 8.65. The van der Waals surface area contributed by atoms with E-state index in [1.54, 1.807) is 24.3 Å². The van der Waals surface area contributed by atoms with Crippen molar-refractivity contribution in [2.75, 3.05) is 5.75 Å². The normalized spacial score (nSPS) is 12.3. The van der Waals surface area contributed by atoms with Crippen LogP contribution < -0.4 is 0 Å². The summed E-state index contributed by atoms with van der Waals surface area (Å²) in [6, 6.07) is 10.2. The summed E-state index contributed by atoms with van der Waals surface area (Å²) in [6.45, 7) is 0. The summed E-state index contributed by atoms with van der Waals surface area (Å²) in [4.78, 5) is 1.14. The van der Waals surface area contributed by atoms with Crippen molar-refractivity contribution in [1.29, 1.82) is 0 Å². The predicted octanol–water partition coefficient (Wildman–Crippen LogP) is 5.38. The van der Waals surface area contributed by atoms with E-state index in [-0.39, 0.29) is 6.42 Å². The third kappa shape index (κ3) is 6.83. The SMILES string of the molecule is O=S(=O)([O-])CCCCc1ccc(Sc2cccc(C(F)(F)F)c2)cc1Cl. The third-order valence-electron chi connectivity index (χ3n) is 3.51. The molecule has 142 valence electrons. The van der Waals surface area contributed by atoms with Crippen molar-refractivity contribution in [3.05, 3.63) is 58.6 Å². The minimum Gasteiger partial charge on any atom is -0.748 e. The number of hydrogen-bond acceptors (Lipinski definition) is 4. The lowest BCUT2D eigenvalue weighted by Gasteiger charge is -2.10. The Bertz CT molecular complexity index is 868. The fraction of sp³-hybridized carbons (Fsp3) is 0.294. The number of rotatable bonds is 7. The van der Waals surface area contributed by atoms with Gasteiger partial charge >= 0.3 is 6.18 Å². The molecule has 0 radical (unpaired) electrons. The molecule has 0 spiro atoms. The van der Waals surface area contributed by atoms with Gasteiger partial charge in [-0.3, -0.25) is 0 Å². The molecule has 0 atom stereocenters. The molecule has 0 aliphatic carbocycles. The van der Waals surface area contributed by atoms with Gasteiger partial charge in [-0.05, 0) is 55.2 Å². The van der Waals surface area contributed by atoms with Crippen LogP contribution in [0.15, 0.2) is 52.3 Å². The zero-order chi connectivity index (χ0) is 19.4. The van der Waals surface area contributed by atoms with Crippen molar-refractivity contribution in [1.82, 2.24) is 0 Å². The van der Waals surface area contributed by atoms with Crippen LogP contribution in [0.3, 0.4) is 0 Å². The zero-order valence-electron chi connectivity index (χ0n) is 13.4. The third-order valence-corrected chi connectivity index (χ3v) is 5.63. The predicted molar refractivity (Wildman–Crippen MR) is 94.5 cm³/mol. The maximum atomic E-state index is 12.8. The van der Waals surface area contributed by atoms with E-state index in [2.05, 4.69) is 0 Å². The summed E-state index contributed by atoms with van der Waals surface area (Å²) in [5.41, 5.74) is 0.0851. The molecule has 0 aliphatic rings. The van der Waals surface area contributed by atoms with Crippen LogP contribution in [-0.2, 0) is 22.7 Å². The molecule has 2 aromatic carbocycles. The van der Waals surface area contributed by atoms with Crippen molar-refractivity contribution < 1.29 is 26.1 Å². The van der Waals surface area contributed by atoms with E-state index in [0.717, 1.165) is 17.7 Å². The standard InChI is InChI=1S/C17H16ClF3O3S2/c18-16-11-15(8-7-12(16)4-1-2-9-26(22,23)24)25-14-6-3-5-13(10-14)17(19,20)21/h3,5-8,10-11H,1-2,4,9H2,(H,22,23,24)/p-1. The zero-order valence-corrected chi connectivity index (χ0v) is 15.8. The second-order valence-corrected chi connectivity index (χ2v) is 8.68. The molecule has 0 aliphatic heterocycles. The van der Waals surface area contributed by atoms with Gasteiger partial charge in [-0.25, -0.2) is 8.42 Å². The van der Waals surface area contributed by atoms with Crippen molar-refractivity contribution in [3.63, 3.8) is 0 Å². The quantitative estimate of drug-likeness (QED) is 0.443. The molecule has 0 unspecified atom stereocenters. The topological polar surface area (TPSA) is 57.2 Å². The van der Waals surface area contributed by atoms with Gasteiger partial charge in [0.05, 0.1) is 15.7 Å². The van der Waals surface area contributed by atoms with Gasteiger partial charge in [0.2, 0.25) is 0 Å². The summed E-state index contributed by atoms with van der Waals surface area (Å²) >= 11 is 7.36. The first-order valence-electron chi connectivity index (χ1n) is 7.62. The number of alkyl halides is 3. The van der Waals surface area contributed by atoms with E-state index in [1.807, 2.05) is 0 Å². The van der Waals surface area contributed by atoms with Gasteiger partial charge in [0, 0.05) is 20.6 Å². The van der Waals surface area contributed by atoms with E-state index in [0.29, 0.717) is 27.7 Å². The first-order chi connectivity index (χ1) is 12.0. The van der Waals surface area contributed by atoms with E-state index in [9.17, 15) is 26.1 Å². The maximum absolute atomic E-state index is 12.8. The van der Waals surface area contributed by atoms with Gasteiger partial charge in [0.1, 0.15) is 0 Å². The van der Waals surface area contributed by atoms with Crippen molar-refractivity contribution >= 4 is 33.5 Å². The average molecular weight is 424 g/mol. The van der Waals surface area contributed by atoms with E-state index >= 15 is 0 Å². The molecule has 26 heavy (non-hydrogen) atoms. The molecule has 2 rings (SSSR count). The van der Waals surface area contributed by atoms with Crippen molar-refractivity contribution in [3.8, 4) is 0 Å². The van der Waals surface area contributed by atoms with Gasteiger partial charge in [-0.15, -0.1) is 0 Å². The minimum absolute atomic E-state index is 0.253. The molecule has 0 aromatic heterocycles. The van der Waals surface area contributed by atoms with E-state index < -0.39 is 27.6 Å². The number of aryl methyl sites for hydroxylation is 1. The minimum atomic E-state index is -4.39. The van der Waals surface area contributed by atoms with Crippen LogP contribution in [0.4, 0.5) is 13.2 Å². The molecule has 0 bridgehead atoms. The Labute approximate surface area is 159 Å². The lowest BCUT2D eigenvalue weighted by molar-refractivity contribution is -0.137. The molecule has 0 saturated carbocycles. The summed E-state index contributed by atoms with van der Waals surface area (Å²) in [5.74, 6) is -0.409. The Morgan fingerprint density at radius 1 is 1.04 bits per heavy atom. The highest BCUT2D eigenvalue weighted by atomic mass is 35.5. The molecule has 0 heterocycles. The molecule has 0 saturated heterocycles. The fourth-order valence-corrected chi connectivity index (χ4v) is 4.08. The molecule has 0 amide bonds. The van der Waals surface area contributed by atoms with Crippen molar-refractivity contribution in [2.24, 2.45) is 0 Å². The molecule has 9 heteroatoms. The first-order valence-corrected chi connectivity index (χ1v) is 10.4. The van der Waals surface area contributed by atoms with E-state index in [4.69, 9.17) is 11.6 Å². The number of halogens is 4. The lowest BCUT2D eigenvalue weighted by Crippen LogP contribution is -2.04. The lowest BCUT2D eigenvalue weighted by atomic mass is 10.1. The van der Waals surface area contributed by atoms with Crippen molar-refractivity contribution in [2.45, 2.75) is 35.2 Å². The van der Waals surface area contributed by atoms with Crippen LogP contribution in [0.1, 0.15) is 24.0 Å². The summed E-state index contributed by atoms with van der Waals surface area (Å²) in [7, 11) is -4.21. The van der Waals surface area contributed by atoms with Crippen LogP contribution in [0.2, 0.25) is 5.02 Å². The summed E-state index contributed by atoms with van der Waals surface area (Å²) in [6.07, 6.45) is -3.12. The Morgan fingerprint density at radius 3 is 2.35 bits per heavy atom. The van der Waals surface area contributed by atoms with Gasteiger partial charge in [0.25, 0.3) is 0 Å². The van der Waals surface area contributed by atoms with Crippen LogP contribution in [0.25, 0.3) is 0 Å².